The molecule has 0 bridgehead atoms. The molecule has 0 saturated heterocycles. The van der Waals surface area contributed by atoms with Gasteiger partial charge in [-0.15, -0.1) is 0 Å². The summed E-state index contributed by atoms with van der Waals surface area (Å²) in [6.07, 6.45) is 3.97. The van der Waals surface area contributed by atoms with Crippen LogP contribution >= 0.6 is 11.6 Å². The van der Waals surface area contributed by atoms with Crippen LogP contribution in [-0.2, 0) is 5.72 Å². The topological polar surface area (TPSA) is 69.6 Å². The number of nitro groups is 1. The molecule has 2 aliphatic heterocycles. The number of amidine groups is 1. The molecule has 2 aromatic rings. The quantitative estimate of drug-likeness (QED) is 0.493. The van der Waals surface area contributed by atoms with Crippen LogP contribution in [0.25, 0.3) is 0 Å². The van der Waals surface area contributed by atoms with Crippen LogP contribution in [0.15, 0.2) is 48.5 Å². The van der Waals surface area contributed by atoms with Gasteiger partial charge in [-0.1, -0.05) is 29.8 Å². The third-order valence-electron chi connectivity index (χ3n) is 5.37. The lowest BCUT2D eigenvalue weighted by atomic mass is 10.0. The molecule has 27 heavy (non-hydrogen) atoms. The number of hydrogen-bond donors (Lipinski definition) is 1. The molecule has 0 unspecified atom stereocenters. The van der Waals surface area contributed by atoms with Gasteiger partial charge >= 0.3 is 0 Å². The first-order valence-corrected chi connectivity index (χ1v) is 9.51. The van der Waals surface area contributed by atoms with Crippen LogP contribution in [-0.4, -0.2) is 33.5 Å². The highest BCUT2D eigenvalue weighted by Gasteiger charge is 2.52. The largest absolute Gasteiger partial charge is 0.346 e. The van der Waals surface area contributed by atoms with Crippen LogP contribution < -0.4 is 4.90 Å². The second-order valence-electron chi connectivity index (χ2n) is 7.07. The first-order chi connectivity index (χ1) is 13.0. The van der Waals surface area contributed by atoms with Gasteiger partial charge in [-0.05, 0) is 31.4 Å². The minimum Gasteiger partial charge on any atom is -0.346 e. The van der Waals surface area contributed by atoms with E-state index in [0.29, 0.717) is 23.7 Å². The van der Waals surface area contributed by atoms with Crippen molar-refractivity contribution in [3.63, 3.8) is 0 Å². The first-order valence-electron chi connectivity index (χ1n) is 9.13. The molecule has 0 amide bonds. The fourth-order valence-electron chi connectivity index (χ4n) is 4.07. The zero-order chi connectivity index (χ0) is 19.0. The van der Waals surface area contributed by atoms with Gasteiger partial charge in [-0.2, -0.15) is 0 Å². The number of nitrogens with zero attached hydrogens (tertiary/aromatic N) is 3. The molecule has 140 valence electrons. The second kappa shape index (κ2) is 6.94. The molecule has 2 aliphatic rings. The number of nitro benzene ring substituents is 1. The van der Waals surface area contributed by atoms with Gasteiger partial charge in [0.15, 0.2) is 6.54 Å². The summed E-state index contributed by atoms with van der Waals surface area (Å²) in [7, 11) is 0. The van der Waals surface area contributed by atoms with Gasteiger partial charge in [0.25, 0.3) is 17.2 Å². The third-order valence-corrected chi connectivity index (χ3v) is 5.60. The Morgan fingerprint density at radius 1 is 1.15 bits per heavy atom. The van der Waals surface area contributed by atoms with Gasteiger partial charge in [-0.25, -0.2) is 9.48 Å². The maximum absolute atomic E-state index is 11.7. The van der Waals surface area contributed by atoms with Gasteiger partial charge in [0.1, 0.15) is 5.69 Å². The lowest BCUT2D eigenvalue weighted by Gasteiger charge is -2.23. The maximum Gasteiger partial charge on any atom is 0.271 e. The molecular weight excluding hydrogens is 366 g/mol. The molecule has 0 spiro atoms. The fraction of sp³-hybridized carbons (Fsp3) is 0.350. The molecule has 0 radical (unpaired) electrons. The van der Waals surface area contributed by atoms with Gasteiger partial charge < -0.3 is 5.11 Å². The molecule has 1 N–H and O–H groups in total. The van der Waals surface area contributed by atoms with E-state index in [1.165, 1.54) is 12.1 Å². The highest BCUT2D eigenvalue weighted by atomic mass is 35.5. The summed E-state index contributed by atoms with van der Waals surface area (Å²) < 4.78 is 2.01. The molecule has 0 saturated carbocycles. The molecule has 0 aliphatic carbocycles. The van der Waals surface area contributed by atoms with Crippen LogP contribution in [0, 0.1) is 10.1 Å². The Bertz CT molecular complexity index is 930. The monoisotopic (exact) mass is 386 g/mol. The molecule has 0 fully saturated rings. The number of non-ortho nitro benzene ring substituents is 1. The molecule has 2 heterocycles. The highest BCUT2D eigenvalue weighted by Crippen LogP contribution is 2.36. The highest BCUT2D eigenvalue weighted by molar-refractivity contribution is 6.30. The Hall–Kier alpha value is -2.44. The van der Waals surface area contributed by atoms with E-state index in [9.17, 15) is 15.2 Å². The van der Waals surface area contributed by atoms with Crippen molar-refractivity contribution in [1.29, 1.82) is 0 Å². The smallest absolute Gasteiger partial charge is 0.271 e. The summed E-state index contributed by atoms with van der Waals surface area (Å²) in [6, 6.07) is 13.9. The van der Waals surface area contributed by atoms with E-state index < -0.39 is 10.6 Å². The summed E-state index contributed by atoms with van der Waals surface area (Å²) in [4.78, 5) is 12.9. The second-order valence-corrected chi connectivity index (χ2v) is 7.51. The van der Waals surface area contributed by atoms with Crippen LogP contribution in [0.3, 0.4) is 0 Å². The van der Waals surface area contributed by atoms with Crippen LogP contribution in [0.1, 0.15) is 31.2 Å². The average Bonchev–Trinajstić information content (AvgIpc) is 2.82. The number of halogens is 1. The molecule has 4 rings (SSSR count). The van der Waals surface area contributed by atoms with Crippen molar-refractivity contribution in [2.75, 3.05) is 18.0 Å². The average molecular weight is 387 g/mol. The summed E-state index contributed by atoms with van der Waals surface area (Å²) >= 11 is 6.19. The molecular formula is C20H21ClN3O3+. The van der Waals surface area contributed by atoms with Crippen molar-refractivity contribution in [3.8, 4) is 0 Å². The third kappa shape index (κ3) is 3.19. The predicted octanol–water partition coefficient (Wildman–Crippen LogP) is 3.90. The lowest BCUT2D eigenvalue weighted by molar-refractivity contribution is -0.658. The summed E-state index contributed by atoms with van der Waals surface area (Å²) in [5.41, 5.74) is 0.137. The zero-order valence-electron chi connectivity index (χ0n) is 14.8. The molecule has 1 atom stereocenters. The van der Waals surface area contributed by atoms with E-state index in [1.54, 1.807) is 12.1 Å². The summed E-state index contributed by atoms with van der Waals surface area (Å²) in [5, 5.41) is 23.5. The number of anilines is 1. The van der Waals surface area contributed by atoms with Crippen LogP contribution in [0.2, 0.25) is 5.02 Å². The lowest BCUT2D eigenvalue weighted by Crippen LogP contribution is -2.41. The molecule has 7 heteroatoms. The molecule has 0 aromatic heterocycles. The summed E-state index contributed by atoms with van der Waals surface area (Å²) in [6.45, 7) is 1.02. The van der Waals surface area contributed by atoms with Crippen molar-refractivity contribution in [2.45, 2.75) is 31.4 Å². The Morgan fingerprint density at radius 3 is 2.74 bits per heavy atom. The predicted molar refractivity (Wildman–Crippen MR) is 104 cm³/mol. The minimum absolute atomic E-state index is 0.0153. The normalized spacial score (nSPS) is 22.5. The van der Waals surface area contributed by atoms with Crippen LogP contribution in [0.5, 0.6) is 0 Å². The number of benzene rings is 2. The van der Waals surface area contributed by atoms with E-state index in [-0.39, 0.29) is 5.69 Å². The fourth-order valence-corrected chi connectivity index (χ4v) is 4.25. The Kier molecular flexibility index (Phi) is 4.61. The molecule has 2 aromatic carbocycles. The number of rotatable bonds is 3. The van der Waals surface area contributed by atoms with E-state index >= 15 is 0 Å². The minimum atomic E-state index is -1.31. The van der Waals surface area contributed by atoms with Gasteiger partial charge in [0.05, 0.1) is 11.5 Å². The number of hydrogen-bond acceptors (Lipinski definition) is 4. The van der Waals surface area contributed by atoms with Gasteiger partial charge in [0.2, 0.25) is 0 Å². The Labute approximate surface area is 162 Å². The first kappa shape index (κ1) is 17.9. The van der Waals surface area contributed by atoms with E-state index in [0.717, 1.165) is 37.2 Å². The van der Waals surface area contributed by atoms with E-state index in [1.807, 2.05) is 28.8 Å². The number of β-amino-alcohol motifs (C(OH)–C–C–N with tert-alkyl or cyclic N) is 1. The van der Waals surface area contributed by atoms with E-state index in [4.69, 9.17) is 11.6 Å². The standard InChI is InChI=1S/C20H21ClN3O3/c21-16-7-5-8-17(13-16)22-14-20(25,23-11-3-1-2-10-19(22)23)15-6-4-9-18(12-15)24(26)27/h4-9,12-13,25H,1-3,10-11,14H2/q+1/t20-/m0/s1. The van der Waals surface area contributed by atoms with Crippen LogP contribution in [0.4, 0.5) is 11.4 Å². The van der Waals surface area contributed by atoms with Crippen molar-refractivity contribution < 1.29 is 14.6 Å². The molecule has 6 nitrogen and oxygen atoms in total. The SMILES string of the molecule is O=[N+]([O-])c1cccc([C@@]2(O)CN(c3cccc(Cl)c3)C3=[N+]2CCCCC3)c1. The van der Waals surface area contributed by atoms with Crippen molar-refractivity contribution in [1.82, 2.24) is 0 Å². The van der Waals surface area contributed by atoms with Gasteiger partial charge in [0, 0.05) is 35.2 Å². The Balaban J connectivity index is 1.82. The summed E-state index contributed by atoms with van der Waals surface area (Å²) in [5.74, 6) is 1.05. The zero-order valence-corrected chi connectivity index (χ0v) is 15.6. The van der Waals surface area contributed by atoms with E-state index in [2.05, 4.69) is 4.90 Å². The van der Waals surface area contributed by atoms with Gasteiger partial charge in [-0.3, -0.25) is 10.1 Å². The van der Waals surface area contributed by atoms with Crippen molar-refractivity contribution >= 4 is 28.8 Å². The Morgan fingerprint density at radius 2 is 1.96 bits per heavy atom. The maximum atomic E-state index is 11.7. The van der Waals surface area contributed by atoms with Crippen molar-refractivity contribution in [3.05, 3.63) is 69.2 Å². The number of aliphatic hydroxyl groups is 1. The van der Waals surface area contributed by atoms with Crippen molar-refractivity contribution in [2.24, 2.45) is 0 Å².